The van der Waals surface area contributed by atoms with E-state index in [0.29, 0.717) is 0 Å². The van der Waals surface area contributed by atoms with Gasteiger partial charge in [-0.15, -0.1) is 0 Å². The van der Waals surface area contributed by atoms with Crippen molar-refractivity contribution >= 4 is 12.4 Å². The smallest absolute Gasteiger partial charge is 0.0630 e. The van der Waals surface area contributed by atoms with E-state index in [1.165, 1.54) is 0 Å². The van der Waals surface area contributed by atoms with Crippen molar-refractivity contribution < 1.29 is 0 Å². The van der Waals surface area contributed by atoms with Crippen molar-refractivity contribution in [1.82, 2.24) is 0 Å². The third-order valence-electron chi connectivity index (χ3n) is 0.850. The fourth-order valence-electron chi connectivity index (χ4n) is 0.464. The van der Waals surface area contributed by atoms with Gasteiger partial charge in [0, 0.05) is 6.72 Å². The van der Waals surface area contributed by atoms with Crippen molar-refractivity contribution in [2.75, 3.05) is 0 Å². The molecule has 0 aliphatic carbocycles. The van der Waals surface area contributed by atoms with E-state index in [1.54, 1.807) is 24.3 Å². The summed E-state index contributed by atoms with van der Waals surface area (Å²) < 4.78 is 0. The standard InChI is InChI=1S/C7H5N/c1-8-7-5-3-2-4-6-7/h1,3-6H. The van der Waals surface area contributed by atoms with Gasteiger partial charge in [0.1, 0.15) is 0 Å². The number of aliphatic imine (C=N–C) groups is 1. The van der Waals surface area contributed by atoms with Gasteiger partial charge in [-0.3, -0.25) is 4.99 Å². The molecule has 0 aliphatic rings. The molecule has 0 fully saturated rings. The van der Waals surface area contributed by atoms with Crippen molar-refractivity contribution in [3.63, 3.8) is 0 Å². The highest BCUT2D eigenvalue weighted by molar-refractivity contribution is 5.44. The molecular formula is C7H5N. The molecule has 8 heavy (non-hydrogen) atoms. The lowest BCUT2D eigenvalue weighted by molar-refractivity contribution is 1.55. The van der Waals surface area contributed by atoms with Crippen LogP contribution in [0.25, 0.3) is 0 Å². The Morgan fingerprint density at radius 3 is 2.38 bits per heavy atom. The lowest BCUT2D eigenvalue weighted by Gasteiger charge is -1.84. The van der Waals surface area contributed by atoms with Crippen LogP contribution in [0.15, 0.2) is 29.3 Å². The Kier molecular flexibility index (Phi) is 1.42. The zero-order valence-electron chi connectivity index (χ0n) is 4.33. The Bertz CT molecular complexity index is 167. The van der Waals surface area contributed by atoms with Gasteiger partial charge in [-0.2, -0.15) is 0 Å². The summed E-state index contributed by atoms with van der Waals surface area (Å²) >= 11 is 0. The molecule has 1 aromatic carbocycles. The Hall–Kier alpha value is -1.11. The van der Waals surface area contributed by atoms with Gasteiger partial charge in [0.05, 0.1) is 5.69 Å². The molecule has 1 rings (SSSR count). The second-order valence-electron chi connectivity index (χ2n) is 1.39. The minimum Gasteiger partial charge on any atom is -0.255 e. The molecule has 0 atom stereocenters. The summed E-state index contributed by atoms with van der Waals surface area (Å²) in [5.74, 6) is 0. The maximum atomic E-state index is 4.96. The topological polar surface area (TPSA) is 12.4 Å². The van der Waals surface area contributed by atoms with Crippen LogP contribution in [0.4, 0.5) is 5.69 Å². The fraction of sp³-hybridized carbons (Fsp3) is 0. The predicted molar refractivity (Wildman–Crippen MR) is 33.4 cm³/mol. The molecule has 2 radical (unpaired) electrons. The van der Waals surface area contributed by atoms with Gasteiger partial charge in [-0.25, -0.2) is 0 Å². The molecule has 1 heteroatoms. The van der Waals surface area contributed by atoms with Crippen molar-refractivity contribution in [3.8, 4) is 0 Å². The average Bonchev–Trinajstić information content (AvgIpc) is 1.90. The molecule has 0 amide bonds. The van der Waals surface area contributed by atoms with Crippen LogP contribution in [0.1, 0.15) is 0 Å². The third kappa shape index (κ3) is 0.936. The van der Waals surface area contributed by atoms with E-state index in [0.717, 1.165) is 5.69 Å². The van der Waals surface area contributed by atoms with Gasteiger partial charge in [0.15, 0.2) is 0 Å². The molecular weight excluding hydrogens is 98.1 g/mol. The van der Waals surface area contributed by atoms with Gasteiger partial charge < -0.3 is 0 Å². The van der Waals surface area contributed by atoms with E-state index in [4.69, 9.17) is 6.72 Å². The van der Waals surface area contributed by atoms with Crippen LogP contribution in [0.5, 0.6) is 0 Å². The summed E-state index contributed by atoms with van der Waals surface area (Å²) in [6, 6.07) is 9.97. The van der Waals surface area contributed by atoms with E-state index in [2.05, 4.69) is 11.1 Å². The zero-order chi connectivity index (χ0) is 5.82. The van der Waals surface area contributed by atoms with Crippen LogP contribution in [0.2, 0.25) is 0 Å². The lowest BCUT2D eigenvalue weighted by atomic mass is 10.3. The van der Waals surface area contributed by atoms with E-state index >= 15 is 0 Å². The first kappa shape index (κ1) is 5.04. The first-order valence-electron chi connectivity index (χ1n) is 2.30. The molecule has 38 valence electrons. The fourth-order valence-corrected chi connectivity index (χ4v) is 0.464. The molecule has 0 saturated heterocycles. The van der Waals surface area contributed by atoms with Crippen LogP contribution >= 0.6 is 0 Å². The number of benzene rings is 1. The van der Waals surface area contributed by atoms with Crippen LogP contribution in [-0.4, -0.2) is 6.72 Å². The minimum absolute atomic E-state index is 0.781. The summed E-state index contributed by atoms with van der Waals surface area (Å²) in [6.45, 7) is 4.96. The monoisotopic (exact) mass is 103 g/mol. The number of hydrogen-bond donors (Lipinski definition) is 0. The van der Waals surface area contributed by atoms with Gasteiger partial charge >= 0.3 is 0 Å². The maximum Gasteiger partial charge on any atom is 0.0630 e. The molecule has 0 spiro atoms. The highest BCUT2D eigenvalue weighted by Crippen LogP contribution is 2.06. The Balaban J connectivity index is 2.99. The zero-order valence-corrected chi connectivity index (χ0v) is 4.33. The Morgan fingerprint density at radius 2 is 2.00 bits per heavy atom. The molecule has 0 aliphatic heterocycles. The van der Waals surface area contributed by atoms with Crippen LogP contribution in [0.3, 0.4) is 0 Å². The Labute approximate surface area is 48.7 Å². The van der Waals surface area contributed by atoms with Crippen LogP contribution in [-0.2, 0) is 0 Å². The van der Waals surface area contributed by atoms with Crippen LogP contribution in [0, 0.1) is 6.07 Å². The highest BCUT2D eigenvalue weighted by atomic mass is 14.7. The highest BCUT2D eigenvalue weighted by Gasteiger charge is 1.77. The maximum absolute atomic E-state index is 4.96. The van der Waals surface area contributed by atoms with E-state index in [1.807, 2.05) is 0 Å². The van der Waals surface area contributed by atoms with E-state index < -0.39 is 0 Å². The number of rotatable bonds is 1. The molecule has 0 N–H and O–H groups in total. The molecule has 0 bridgehead atoms. The van der Waals surface area contributed by atoms with E-state index in [-0.39, 0.29) is 0 Å². The molecule has 0 aromatic heterocycles. The number of nitrogens with zero attached hydrogens (tertiary/aromatic N) is 1. The van der Waals surface area contributed by atoms with Crippen molar-refractivity contribution in [2.45, 2.75) is 0 Å². The van der Waals surface area contributed by atoms with Gasteiger partial charge in [0.25, 0.3) is 0 Å². The first-order valence-corrected chi connectivity index (χ1v) is 2.30. The summed E-state index contributed by atoms with van der Waals surface area (Å²) in [6.07, 6.45) is 0. The first-order chi connectivity index (χ1) is 3.93. The molecule has 1 aromatic rings. The normalized spacial score (nSPS) is 8.50. The average molecular weight is 103 g/mol. The van der Waals surface area contributed by atoms with Crippen molar-refractivity contribution in [1.29, 1.82) is 0 Å². The minimum atomic E-state index is 0.781. The van der Waals surface area contributed by atoms with Crippen molar-refractivity contribution in [2.24, 2.45) is 4.99 Å². The molecule has 0 saturated carbocycles. The summed E-state index contributed by atoms with van der Waals surface area (Å²) in [5.41, 5.74) is 0.781. The van der Waals surface area contributed by atoms with E-state index in [9.17, 15) is 0 Å². The molecule has 0 unspecified atom stereocenters. The third-order valence-corrected chi connectivity index (χ3v) is 0.850. The lowest BCUT2D eigenvalue weighted by Crippen LogP contribution is -1.58. The SMILES string of the molecule is [CH]=Nc1cc[c]cc1. The Morgan fingerprint density at radius 1 is 1.38 bits per heavy atom. The second kappa shape index (κ2) is 2.26. The van der Waals surface area contributed by atoms with Gasteiger partial charge in [-0.05, 0) is 18.2 Å². The summed E-state index contributed by atoms with van der Waals surface area (Å²) in [4.78, 5) is 3.45. The van der Waals surface area contributed by atoms with Crippen LogP contribution < -0.4 is 0 Å². The van der Waals surface area contributed by atoms with Gasteiger partial charge in [-0.1, -0.05) is 12.1 Å². The quantitative estimate of drug-likeness (QED) is 0.479. The number of hydrogen-bond acceptors (Lipinski definition) is 1. The second-order valence-corrected chi connectivity index (χ2v) is 1.39. The van der Waals surface area contributed by atoms with Gasteiger partial charge in [0.2, 0.25) is 0 Å². The molecule has 1 nitrogen and oxygen atoms in total. The predicted octanol–water partition coefficient (Wildman–Crippen LogP) is 1.70. The largest absolute Gasteiger partial charge is 0.255 e. The summed E-state index contributed by atoms with van der Waals surface area (Å²) in [7, 11) is 0. The summed E-state index contributed by atoms with van der Waals surface area (Å²) in [5, 5.41) is 0. The van der Waals surface area contributed by atoms with Crippen molar-refractivity contribution in [3.05, 3.63) is 30.3 Å². The molecule has 0 heterocycles.